The van der Waals surface area contributed by atoms with E-state index in [0.29, 0.717) is 37.2 Å². The Bertz CT molecular complexity index is 244. The third kappa shape index (κ3) is 21.1. The van der Waals surface area contributed by atoms with Gasteiger partial charge in [-0.3, -0.25) is 19.2 Å². The summed E-state index contributed by atoms with van der Waals surface area (Å²) >= 11 is 0. The number of ketones is 4. The Morgan fingerprint density at radius 3 is 1.00 bits per heavy atom. The quantitative estimate of drug-likeness (QED) is 0.406. The van der Waals surface area contributed by atoms with Gasteiger partial charge in [0.15, 0.2) is 12.8 Å². The van der Waals surface area contributed by atoms with Crippen molar-refractivity contribution in [1.29, 1.82) is 0 Å². The second-order valence-corrected chi connectivity index (χ2v) is 3.66. The van der Waals surface area contributed by atoms with E-state index in [-0.39, 0.29) is 28.6 Å². The zero-order valence-corrected chi connectivity index (χ0v) is 11.9. The predicted octanol–water partition coefficient (Wildman–Crippen LogP) is 1.79. The first-order valence-corrected chi connectivity index (χ1v) is 5.43. The van der Waals surface area contributed by atoms with Crippen LogP contribution in [0.1, 0.15) is 53.4 Å². The van der Waals surface area contributed by atoms with Crippen LogP contribution in [0.5, 0.6) is 0 Å². The fourth-order valence-corrected chi connectivity index (χ4v) is 0.841. The number of rotatable bonds is 6. The maximum Gasteiger partial charge on any atom is 0.305 e. The maximum absolute atomic E-state index is 8.76. The van der Waals surface area contributed by atoms with Crippen molar-refractivity contribution in [2.45, 2.75) is 53.4 Å². The van der Waals surface area contributed by atoms with E-state index in [2.05, 4.69) is 0 Å². The van der Waals surface area contributed by atoms with E-state index in [4.69, 9.17) is 19.2 Å². The van der Waals surface area contributed by atoms with Gasteiger partial charge in [0.1, 0.15) is 0 Å². The monoisotopic (exact) mass is 295 g/mol. The molecule has 103 valence electrons. The van der Waals surface area contributed by atoms with Gasteiger partial charge in [-0.1, -0.05) is 13.8 Å². The van der Waals surface area contributed by atoms with Crippen molar-refractivity contribution in [3.05, 3.63) is 0 Å². The van der Waals surface area contributed by atoms with Crippen LogP contribution in [0.4, 0.5) is 0 Å². The molecule has 0 aromatic heterocycles. The predicted molar refractivity (Wildman–Crippen MR) is 68.9 cm³/mol. The zero-order valence-electron chi connectivity index (χ0n) is 10.9. The number of hydrogen-bond donors (Lipinski definition) is 0. The van der Waals surface area contributed by atoms with Crippen LogP contribution in [0, 0.1) is 0 Å². The van der Waals surface area contributed by atoms with Crippen LogP contribution in [0.3, 0.4) is 0 Å². The molecule has 4 N–H and O–H groups in total. The van der Waals surface area contributed by atoms with Crippen LogP contribution >= 0.6 is 0 Å². The van der Waals surface area contributed by atoms with E-state index in [0.717, 1.165) is 0 Å². The largest absolute Gasteiger partial charge is 0.305 e. The van der Waals surface area contributed by atoms with E-state index in [1.54, 1.807) is 13.8 Å². The zero-order chi connectivity index (χ0) is 13.1. The van der Waals surface area contributed by atoms with Gasteiger partial charge >= 0.3 is 23.1 Å². The van der Waals surface area contributed by atoms with Crippen LogP contribution in [-0.4, -0.2) is 42.3 Å². The Morgan fingerprint density at radius 2 is 0.941 bits per heavy atom. The molecule has 0 atom stereocenters. The third-order valence-electron chi connectivity index (χ3n) is 1.74. The van der Waals surface area contributed by atoms with Gasteiger partial charge in [0.2, 0.25) is 0 Å². The van der Waals surface area contributed by atoms with E-state index < -0.39 is 0 Å². The first-order valence-electron chi connectivity index (χ1n) is 5.43. The summed E-state index contributed by atoms with van der Waals surface area (Å²) in [6.07, 6.45) is 1.91. The molecule has 0 saturated heterocycles. The molecule has 0 bridgehead atoms. The molecule has 0 aromatic carbocycles. The van der Waals surface area contributed by atoms with E-state index in [1.165, 1.54) is 0 Å². The van der Waals surface area contributed by atoms with E-state index in [1.807, 2.05) is 13.8 Å². The minimum Gasteiger partial charge on any atom is -0.283 e. The molecular formula is C12H24CuO4+4. The SMILES string of the molecule is CCC(=[OH+])CC(C)=[OH+].CCC(=[OH+])CC(C)=[OH+].[Cu]. The topological polar surface area (TPSA) is 85.6 Å². The third-order valence-corrected chi connectivity index (χ3v) is 1.74. The van der Waals surface area contributed by atoms with Crippen LogP contribution in [0.2, 0.25) is 0 Å². The summed E-state index contributed by atoms with van der Waals surface area (Å²) in [5.41, 5.74) is 0. The molecule has 0 aromatic rings. The summed E-state index contributed by atoms with van der Waals surface area (Å²) in [4.78, 5) is 34.7. The summed E-state index contributed by atoms with van der Waals surface area (Å²) < 4.78 is 0. The summed E-state index contributed by atoms with van der Waals surface area (Å²) in [6.45, 7) is 6.84. The van der Waals surface area contributed by atoms with Gasteiger partial charge in [-0.05, 0) is 0 Å². The molecule has 5 heteroatoms. The van der Waals surface area contributed by atoms with Crippen molar-refractivity contribution < 1.29 is 36.2 Å². The van der Waals surface area contributed by atoms with Gasteiger partial charge in [-0.25, -0.2) is 0 Å². The van der Waals surface area contributed by atoms with Crippen molar-refractivity contribution in [1.82, 2.24) is 0 Å². The standard InChI is InChI=1S/2C6H10O2.Cu/c2*1-3-6(8)4-5(2)7;/h2*3-4H2,1-2H3;/p+4. The van der Waals surface area contributed by atoms with Crippen LogP contribution in [-0.2, 0) is 17.1 Å². The molecule has 0 rings (SSSR count). The average molecular weight is 296 g/mol. The summed E-state index contributed by atoms with van der Waals surface area (Å²) in [6, 6.07) is 0. The van der Waals surface area contributed by atoms with E-state index in [9.17, 15) is 0 Å². The smallest absolute Gasteiger partial charge is 0.283 e. The molecular weight excluding hydrogens is 272 g/mol. The van der Waals surface area contributed by atoms with Gasteiger partial charge < -0.3 is 0 Å². The Labute approximate surface area is 113 Å². The second-order valence-electron chi connectivity index (χ2n) is 3.66. The molecule has 0 heterocycles. The van der Waals surface area contributed by atoms with Crippen LogP contribution in [0.15, 0.2) is 0 Å². The van der Waals surface area contributed by atoms with Crippen molar-refractivity contribution in [3.8, 4) is 0 Å². The summed E-state index contributed by atoms with van der Waals surface area (Å²) in [5.74, 6) is 1.21. The van der Waals surface area contributed by atoms with Gasteiger partial charge in [0, 0.05) is 30.9 Å². The number of hydrogen-bond acceptors (Lipinski definition) is 0. The molecule has 0 aliphatic carbocycles. The average Bonchev–Trinajstić information content (AvgIpc) is 2.16. The Hall–Kier alpha value is -0.801. The van der Waals surface area contributed by atoms with Gasteiger partial charge in [-0.2, -0.15) is 0 Å². The van der Waals surface area contributed by atoms with Crippen molar-refractivity contribution >= 4 is 23.1 Å². The molecule has 17 heavy (non-hydrogen) atoms. The molecule has 4 nitrogen and oxygen atoms in total. The molecule has 0 amide bonds. The summed E-state index contributed by atoms with van der Waals surface area (Å²) in [7, 11) is 0. The molecule has 1 radical (unpaired) electrons. The fraction of sp³-hybridized carbons (Fsp3) is 0.667. The second kappa shape index (κ2) is 13.3. The van der Waals surface area contributed by atoms with Gasteiger partial charge in [0.05, 0.1) is 12.8 Å². The first-order chi connectivity index (χ1) is 7.33. The van der Waals surface area contributed by atoms with E-state index >= 15 is 0 Å². The Kier molecular flexibility index (Phi) is 16.8. The molecule has 0 aliphatic rings. The Balaban J connectivity index is -0.000000218. The number of carbonyl (C=O) groups excluding carboxylic acids is 4. The van der Waals surface area contributed by atoms with Crippen molar-refractivity contribution in [2.24, 2.45) is 0 Å². The molecule has 0 spiro atoms. The van der Waals surface area contributed by atoms with Crippen molar-refractivity contribution in [2.75, 3.05) is 0 Å². The maximum atomic E-state index is 8.76. The minimum atomic E-state index is 0. The molecule has 0 fully saturated rings. The van der Waals surface area contributed by atoms with Crippen molar-refractivity contribution in [3.63, 3.8) is 0 Å². The molecule has 0 saturated carbocycles. The van der Waals surface area contributed by atoms with Gasteiger partial charge in [-0.15, -0.1) is 0 Å². The fourth-order valence-electron chi connectivity index (χ4n) is 0.841. The molecule has 0 aliphatic heterocycles. The first kappa shape index (κ1) is 21.5. The van der Waals surface area contributed by atoms with Crippen LogP contribution < -0.4 is 0 Å². The van der Waals surface area contributed by atoms with Gasteiger partial charge in [0.25, 0.3) is 0 Å². The minimum absolute atomic E-state index is 0. The Morgan fingerprint density at radius 1 is 0.706 bits per heavy atom. The summed E-state index contributed by atoms with van der Waals surface area (Å²) in [5, 5.41) is 0. The molecule has 0 unspecified atom stereocenters. The normalized spacial score (nSPS) is 8.24. The van der Waals surface area contributed by atoms with Crippen LogP contribution in [0.25, 0.3) is 0 Å².